The number of hydrogen-bond acceptors (Lipinski definition) is 6. The highest BCUT2D eigenvalue weighted by molar-refractivity contribution is 8.00. The SMILES string of the molecule is C[C@@H](Sc1nnnn1-c1ccc(O)cc1)C(=O)N1c2ccccc2C[C@@H]1C. The summed E-state index contributed by atoms with van der Waals surface area (Å²) < 4.78 is 1.56. The maximum absolute atomic E-state index is 13.1. The van der Waals surface area contributed by atoms with E-state index in [1.165, 1.54) is 17.3 Å². The van der Waals surface area contributed by atoms with Crippen LogP contribution in [0.3, 0.4) is 0 Å². The largest absolute Gasteiger partial charge is 0.508 e. The van der Waals surface area contributed by atoms with Crippen LogP contribution in [0.15, 0.2) is 53.7 Å². The molecule has 1 aliphatic rings. The molecule has 0 fully saturated rings. The van der Waals surface area contributed by atoms with E-state index in [-0.39, 0.29) is 22.9 Å². The zero-order valence-corrected chi connectivity index (χ0v) is 15.8. The number of nitrogens with zero attached hydrogens (tertiary/aromatic N) is 5. The number of phenols is 1. The average Bonchev–Trinajstić information content (AvgIpc) is 3.25. The number of para-hydroxylation sites is 1. The maximum Gasteiger partial charge on any atom is 0.240 e. The summed E-state index contributed by atoms with van der Waals surface area (Å²) in [6.07, 6.45) is 0.866. The van der Waals surface area contributed by atoms with Gasteiger partial charge in [-0.15, -0.1) is 5.10 Å². The molecule has 27 heavy (non-hydrogen) atoms. The van der Waals surface area contributed by atoms with E-state index in [2.05, 4.69) is 28.5 Å². The topological polar surface area (TPSA) is 84.1 Å². The lowest BCUT2D eigenvalue weighted by Gasteiger charge is -2.25. The first kappa shape index (κ1) is 17.5. The molecule has 0 aliphatic carbocycles. The van der Waals surface area contributed by atoms with Crippen molar-refractivity contribution >= 4 is 23.4 Å². The van der Waals surface area contributed by atoms with Crippen molar-refractivity contribution in [3.63, 3.8) is 0 Å². The smallest absolute Gasteiger partial charge is 0.240 e. The van der Waals surface area contributed by atoms with Crippen LogP contribution in [-0.2, 0) is 11.2 Å². The molecular weight excluding hydrogens is 362 g/mol. The molecule has 3 aromatic rings. The van der Waals surface area contributed by atoms with E-state index >= 15 is 0 Å². The number of carbonyl (C=O) groups is 1. The van der Waals surface area contributed by atoms with Gasteiger partial charge in [0, 0.05) is 11.7 Å². The highest BCUT2D eigenvalue weighted by atomic mass is 32.2. The van der Waals surface area contributed by atoms with E-state index in [1.54, 1.807) is 28.9 Å². The minimum atomic E-state index is -0.347. The lowest BCUT2D eigenvalue weighted by Crippen LogP contribution is -2.40. The van der Waals surface area contributed by atoms with Crippen molar-refractivity contribution < 1.29 is 9.90 Å². The number of aromatic nitrogens is 4. The predicted octanol–water partition coefficient (Wildman–Crippen LogP) is 2.83. The molecule has 1 N–H and O–H groups in total. The Hall–Kier alpha value is -2.87. The van der Waals surface area contributed by atoms with Crippen molar-refractivity contribution in [2.75, 3.05) is 4.90 Å². The van der Waals surface area contributed by atoms with E-state index in [0.29, 0.717) is 5.16 Å². The summed E-state index contributed by atoms with van der Waals surface area (Å²) in [6, 6.07) is 14.8. The molecule has 138 valence electrons. The molecule has 1 aliphatic heterocycles. The summed E-state index contributed by atoms with van der Waals surface area (Å²) in [4.78, 5) is 15.0. The van der Waals surface area contributed by atoms with Gasteiger partial charge in [0.25, 0.3) is 0 Å². The van der Waals surface area contributed by atoms with Gasteiger partial charge in [-0.25, -0.2) is 0 Å². The highest BCUT2D eigenvalue weighted by Gasteiger charge is 2.34. The van der Waals surface area contributed by atoms with Crippen LogP contribution in [0.25, 0.3) is 5.69 Å². The van der Waals surface area contributed by atoms with Crippen molar-refractivity contribution in [3.05, 3.63) is 54.1 Å². The first-order valence-electron chi connectivity index (χ1n) is 8.70. The first-order chi connectivity index (χ1) is 13.0. The Kier molecular flexibility index (Phi) is 4.57. The molecule has 1 amide bonds. The fourth-order valence-electron chi connectivity index (χ4n) is 3.31. The van der Waals surface area contributed by atoms with Gasteiger partial charge < -0.3 is 10.0 Å². The summed E-state index contributed by atoms with van der Waals surface area (Å²) >= 11 is 1.32. The fraction of sp³-hybridized carbons (Fsp3) is 0.263. The van der Waals surface area contributed by atoms with E-state index in [9.17, 15) is 9.90 Å². The normalized spacial score (nSPS) is 17.0. The van der Waals surface area contributed by atoms with Crippen molar-refractivity contribution in [1.82, 2.24) is 20.2 Å². The van der Waals surface area contributed by atoms with Crippen LogP contribution >= 0.6 is 11.8 Å². The molecule has 0 unspecified atom stereocenters. The molecule has 2 heterocycles. The minimum absolute atomic E-state index is 0.0395. The number of phenolic OH excluding ortho intramolecular Hbond substituents is 1. The monoisotopic (exact) mass is 381 g/mol. The van der Waals surface area contributed by atoms with Crippen LogP contribution in [-0.4, -0.2) is 42.5 Å². The van der Waals surface area contributed by atoms with E-state index < -0.39 is 0 Å². The standard InChI is InChI=1S/C19H19N5O2S/c1-12-11-14-5-3-4-6-17(14)23(12)18(26)13(2)27-19-20-21-22-24(19)15-7-9-16(25)10-8-15/h3-10,12-13,25H,11H2,1-2H3/t12-,13+/m0/s1. The molecule has 2 aromatic carbocycles. The molecule has 0 bridgehead atoms. The molecular formula is C19H19N5O2S. The van der Waals surface area contributed by atoms with Crippen LogP contribution in [0.1, 0.15) is 19.4 Å². The second-order valence-corrected chi connectivity index (χ2v) is 7.85. The number of anilines is 1. The van der Waals surface area contributed by atoms with Gasteiger partial charge in [-0.2, -0.15) is 4.68 Å². The Morgan fingerprint density at radius 2 is 1.96 bits per heavy atom. The first-order valence-corrected chi connectivity index (χ1v) is 9.58. The number of hydrogen-bond donors (Lipinski definition) is 1. The minimum Gasteiger partial charge on any atom is -0.508 e. The van der Waals surface area contributed by atoms with Crippen LogP contribution < -0.4 is 4.90 Å². The van der Waals surface area contributed by atoms with Crippen LogP contribution in [0, 0.1) is 0 Å². The highest BCUT2D eigenvalue weighted by Crippen LogP contribution is 2.34. The van der Waals surface area contributed by atoms with Gasteiger partial charge in [-0.05, 0) is 66.6 Å². The van der Waals surface area contributed by atoms with E-state index in [1.807, 2.05) is 30.0 Å². The molecule has 0 saturated heterocycles. The predicted molar refractivity (Wildman–Crippen MR) is 103 cm³/mol. The van der Waals surface area contributed by atoms with Gasteiger partial charge >= 0.3 is 0 Å². The zero-order chi connectivity index (χ0) is 19.0. The van der Waals surface area contributed by atoms with Gasteiger partial charge in [-0.1, -0.05) is 30.0 Å². The number of carbonyl (C=O) groups excluding carboxylic acids is 1. The molecule has 4 rings (SSSR count). The second-order valence-electron chi connectivity index (χ2n) is 6.54. The molecule has 0 saturated carbocycles. The summed E-state index contributed by atoms with van der Waals surface area (Å²) in [7, 11) is 0. The molecule has 0 spiro atoms. The maximum atomic E-state index is 13.1. The zero-order valence-electron chi connectivity index (χ0n) is 15.0. The van der Waals surface area contributed by atoms with E-state index in [4.69, 9.17) is 0 Å². The Bertz CT molecular complexity index is 972. The number of tetrazole rings is 1. The Balaban J connectivity index is 1.55. The summed E-state index contributed by atoms with van der Waals surface area (Å²) in [6.45, 7) is 3.94. The summed E-state index contributed by atoms with van der Waals surface area (Å²) in [5.41, 5.74) is 2.91. The molecule has 2 atom stereocenters. The number of thioether (sulfide) groups is 1. The molecule has 7 nitrogen and oxygen atoms in total. The fourth-order valence-corrected chi connectivity index (χ4v) is 4.17. The average molecular weight is 381 g/mol. The Labute approximate surface area is 161 Å². The summed E-state index contributed by atoms with van der Waals surface area (Å²) in [5, 5.41) is 21.4. The van der Waals surface area contributed by atoms with Gasteiger partial charge in [0.1, 0.15) is 5.75 Å². The van der Waals surface area contributed by atoms with Gasteiger partial charge in [0.15, 0.2) is 0 Å². The molecule has 8 heteroatoms. The molecule has 1 aromatic heterocycles. The van der Waals surface area contributed by atoms with Crippen LogP contribution in [0.5, 0.6) is 5.75 Å². The Morgan fingerprint density at radius 3 is 2.74 bits per heavy atom. The number of amides is 1. The van der Waals surface area contributed by atoms with Crippen molar-refractivity contribution in [3.8, 4) is 11.4 Å². The van der Waals surface area contributed by atoms with E-state index in [0.717, 1.165) is 17.8 Å². The number of rotatable bonds is 4. The van der Waals surface area contributed by atoms with Crippen LogP contribution in [0.2, 0.25) is 0 Å². The second kappa shape index (κ2) is 7.03. The van der Waals surface area contributed by atoms with Gasteiger partial charge in [-0.3, -0.25) is 4.79 Å². The summed E-state index contributed by atoms with van der Waals surface area (Å²) in [5.74, 6) is 0.212. The third-order valence-corrected chi connectivity index (χ3v) is 5.63. The van der Waals surface area contributed by atoms with Gasteiger partial charge in [0.2, 0.25) is 11.1 Å². The third kappa shape index (κ3) is 3.28. The third-order valence-electron chi connectivity index (χ3n) is 4.61. The lowest BCUT2D eigenvalue weighted by molar-refractivity contribution is -0.118. The van der Waals surface area contributed by atoms with Crippen molar-refractivity contribution in [1.29, 1.82) is 0 Å². The Morgan fingerprint density at radius 1 is 1.22 bits per heavy atom. The van der Waals surface area contributed by atoms with Crippen molar-refractivity contribution in [2.45, 2.75) is 36.7 Å². The lowest BCUT2D eigenvalue weighted by atomic mass is 10.1. The van der Waals surface area contributed by atoms with Crippen LogP contribution in [0.4, 0.5) is 5.69 Å². The van der Waals surface area contributed by atoms with Crippen molar-refractivity contribution in [2.24, 2.45) is 0 Å². The number of benzene rings is 2. The number of fused-ring (bicyclic) bond motifs is 1. The molecule has 0 radical (unpaired) electrons. The number of aromatic hydroxyl groups is 1. The quantitative estimate of drug-likeness (QED) is 0.700. The van der Waals surface area contributed by atoms with Gasteiger partial charge in [0.05, 0.1) is 10.9 Å².